The molecule has 2 rings (SSSR count). The maximum atomic E-state index is 13.8. The molecule has 18 heavy (non-hydrogen) atoms. The highest BCUT2D eigenvalue weighted by Gasteiger charge is 2.20. The molecular formula is C13H14BrClFNO. The highest BCUT2D eigenvalue weighted by molar-refractivity contribution is 9.10. The first-order valence-corrected chi connectivity index (χ1v) is 7.21. The number of hydrogen-bond donors (Lipinski definition) is 1. The summed E-state index contributed by atoms with van der Waals surface area (Å²) in [7, 11) is 0. The largest absolute Gasteiger partial charge is 0.349 e. The van der Waals surface area contributed by atoms with Gasteiger partial charge in [0.2, 0.25) is 0 Å². The number of amides is 1. The molecule has 0 radical (unpaired) electrons. The second kappa shape index (κ2) is 6.02. The molecule has 1 aliphatic carbocycles. The van der Waals surface area contributed by atoms with Crippen LogP contribution in [-0.2, 0) is 0 Å². The molecule has 1 aromatic rings. The summed E-state index contributed by atoms with van der Waals surface area (Å²) in [5, 5.41) is 2.82. The van der Waals surface area contributed by atoms with E-state index in [-0.39, 0.29) is 22.5 Å². The van der Waals surface area contributed by atoms with Crippen molar-refractivity contribution in [1.82, 2.24) is 5.32 Å². The van der Waals surface area contributed by atoms with Crippen LogP contribution >= 0.6 is 27.5 Å². The standard InChI is InChI=1S/C13H14BrClFNO/c14-10-7-6-9(12(16)11(10)15)13(18)17-8-4-2-1-3-5-8/h6-8H,1-5H2,(H,17,18). The lowest BCUT2D eigenvalue weighted by Crippen LogP contribution is -2.36. The van der Waals surface area contributed by atoms with Crippen molar-refractivity contribution in [2.24, 2.45) is 0 Å². The van der Waals surface area contributed by atoms with Crippen molar-refractivity contribution in [3.63, 3.8) is 0 Å². The molecule has 0 unspecified atom stereocenters. The molecule has 1 amide bonds. The Morgan fingerprint density at radius 3 is 2.67 bits per heavy atom. The topological polar surface area (TPSA) is 29.1 Å². The van der Waals surface area contributed by atoms with Gasteiger partial charge in [-0.2, -0.15) is 0 Å². The highest BCUT2D eigenvalue weighted by atomic mass is 79.9. The van der Waals surface area contributed by atoms with Crippen LogP contribution in [0.15, 0.2) is 16.6 Å². The number of carbonyl (C=O) groups excluding carboxylic acids is 1. The number of hydrogen-bond acceptors (Lipinski definition) is 1. The Labute approximate surface area is 119 Å². The van der Waals surface area contributed by atoms with Gasteiger partial charge in [-0.15, -0.1) is 0 Å². The Morgan fingerprint density at radius 2 is 2.00 bits per heavy atom. The molecule has 0 heterocycles. The summed E-state index contributed by atoms with van der Waals surface area (Å²) >= 11 is 8.89. The Bertz CT molecular complexity index is 461. The van der Waals surface area contributed by atoms with Crippen molar-refractivity contribution in [1.29, 1.82) is 0 Å². The van der Waals surface area contributed by atoms with Crippen LogP contribution in [0.1, 0.15) is 42.5 Å². The zero-order valence-corrected chi connectivity index (χ0v) is 12.2. The minimum Gasteiger partial charge on any atom is -0.349 e. The van der Waals surface area contributed by atoms with Crippen molar-refractivity contribution >= 4 is 33.4 Å². The lowest BCUT2D eigenvalue weighted by molar-refractivity contribution is 0.0923. The predicted octanol–water partition coefficient (Wildman–Crippen LogP) is 4.30. The van der Waals surface area contributed by atoms with Crippen LogP contribution < -0.4 is 5.32 Å². The van der Waals surface area contributed by atoms with Gasteiger partial charge in [0.1, 0.15) is 0 Å². The number of carbonyl (C=O) groups is 1. The molecule has 1 saturated carbocycles. The van der Waals surface area contributed by atoms with Crippen molar-refractivity contribution < 1.29 is 9.18 Å². The number of benzene rings is 1. The summed E-state index contributed by atoms with van der Waals surface area (Å²) in [4.78, 5) is 12.0. The van der Waals surface area contributed by atoms with Crippen LogP contribution in [0, 0.1) is 5.82 Å². The predicted molar refractivity (Wildman–Crippen MR) is 73.4 cm³/mol. The Morgan fingerprint density at radius 1 is 1.33 bits per heavy atom. The van der Waals surface area contributed by atoms with Crippen LogP contribution in [-0.4, -0.2) is 11.9 Å². The third kappa shape index (κ3) is 3.04. The summed E-state index contributed by atoms with van der Waals surface area (Å²) < 4.78 is 14.3. The van der Waals surface area contributed by atoms with Crippen LogP contribution in [0.5, 0.6) is 0 Å². The van der Waals surface area contributed by atoms with Crippen molar-refractivity contribution in [2.45, 2.75) is 38.1 Å². The van der Waals surface area contributed by atoms with Gasteiger partial charge >= 0.3 is 0 Å². The SMILES string of the molecule is O=C(NC1CCCCC1)c1ccc(Br)c(Cl)c1F. The fraction of sp³-hybridized carbons (Fsp3) is 0.462. The number of rotatable bonds is 2. The molecule has 1 N–H and O–H groups in total. The highest BCUT2D eigenvalue weighted by Crippen LogP contribution is 2.27. The average molecular weight is 335 g/mol. The molecule has 0 aromatic heterocycles. The van der Waals surface area contributed by atoms with E-state index in [1.54, 1.807) is 6.07 Å². The second-order valence-electron chi connectivity index (χ2n) is 4.53. The van der Waals surface area contributed by atoms with Crippen molar-refractivity contribution in [3.05, 3.63) is 33.0 Å². The first kappa shape index (κ1) is 13.8. The quantitative estimate of drug-likeness (QED) is 0.803. The van der Waals surface area contributed by atoms with E-state index in [0.717, 1.165) is 25.7 Å². The Kier molecular flexibility index (Phi) is 4.62. The minimum absolute atomic E-state index is 0.00812. The monoisotopic (exact) mass is 333 g/mol. The Hall–Kier alpha value is -0.610. The van der Waals surface area contributed by atoms with Gasteiger partial charge in [-0.3, -0.25) is 4.79 Å². The summed E-state index contributed by atoms with van der Waals surface area (Å²) in [6, 6.07) is 3.19. The lowest BCUT2D eigenvalue weighted by Gasteiger charge is -2.22. The van der Waals surface area contributed by atoms with Crippen LogP contribution in [0.4, 0.5) is 4.39 Å². The van der Waals surface area contributed by atoms with Crippen molar-refractivity contribution in [2.75, 3.05) is 0 Å². The molecule has 0 spiro atoms. The normalized spacial score (nSPS) is 16.6. The maximum absolute atomic E-state index is 13.8. The molecule has 0 aliphatic heterocycles. The first-order valence-electron chi connectivity index (χ1n) is 6.04. The van der Waals surface area contributed by atoms with E-state index < -0.39 is 5.82 Å². The van der Waals surface area contributed by atoms with Crippen LogP contribution in [0.3, 0.4) is 0 Å². The van der Waals surface area contributed by atoms with E-state index in [1.807, 2.05) is 0 Å². The van der Waals surface area contributed by atoms with E-state index in [1.165, 1.54) is 12.5 Å². The smallest absolute Gasteiger partial charge is 0.254 e. The summed E-state index contributed by atoms with van der Waals surface area (Å²) in [6.45, 7) is 0. The van der Waals surface area contributed by atoms with E-state index >= 15 is 0 Å². The zero-order valence-electron chi connectivity index (χ0n) is 9.81. The molecule has 0 bridgehead atoms. The van der Waals surface area contributed by atoms with Gasteiger partial charge < -0.3 is 5.32 Å². The van der Waals surface area contributed by atoms with Gasteiger partial charge in [0.05, 0.1) is 10.6 Å². The second-order valence-corrected chi connectivity index (χ2v) is 5.76. The minimum atomic E-state index is -0.667. The van der Waals surface area contributed by atoms with E-state index in [9.17, 15) is 9.18 Å². The molecule has 1 fully saturated rings. The average Bonchev–Trinajstić information content (AvgIpc) is 2.37. The first-order chi connectivity index (χ1) is 8.59. The van der Waals surface area contributed by atoms with Crippen molar-refractivity contribution in [3.8, 4) is 0 Å². The summed E-state index contributed by atoms with van der Waals surface area (Å²) in [5.41, 5.74) is 0.00812. The van der Waals surface area contributed by atoms with E-state index in [4.69, 9.17) is 11.6 Å². The molecule has 1 aliphatic rings. The third-order valence-corrected chi connectivity index (χ3v) is 4.48. The number of nitrogens with one attached hydrogen (secondary N) is 1. The molecule has 1 aromatic carbocycles. The maximum Gasteiger partial charge on any atom is 0.254 e. The molecule has 98 valence electrons. The Balaban J connectivity index is 2.11. The van der Waals surface area contributed by atoms with E-state index in [0.29, 0.717) is 4.47 Å². The molecular weight excluding hydrogens is 321 g/mol. The van der Waals surface area contributed by atoms with E-state index in [2.05, 4.69) is 21.2 Å². The lowest BCUT2D eigenvalue weighted by atomic mass is 9.95. The fourth-order valence-electron chi connectivity index (χ4n) is 2.21. The summed E-state index contributed by atoms with van der Waals surface area (Å²) in [6.07, 6.45) is 5.39. The van der Waals surface area contributed by atoms with Gasteiger partial charge in [-0.25, -0.2) is 4.39 Å². The zero-order chi connectivity index (χ0) is 13.1. The molecule has 5 heteroatoms. The van der Waals surface area contributed by atoms with Gasteiger partial charge in [0.25, 0.3) is 5.91 Å². The summed E-state index contributed by atoms with van der Waals surface area (Å²) in [5.74, 6) is -1.05. The number of halogens is 3. The van der Waals surface area contributed by atoms with Crippen LogP contribution in [0.25, 0.3) is 0 Å². The van der Waals surface area contributed by atoms with Gasteiger partial charge in [0.15, 0.2) is 5.82 Å². The molecule has 2 nitrogen and oxygen atoms in total. The van der Waals surface area contributed by atoms with Gasteiger partial charge in [-0.05, 0) is 40.9 Å². The van der Waals surface area contributed by atoms with Gasteiger partial charge in [0, 0.05) is 10.5 Å². The third-order valence-electron chi connectivity index (χ3n) is 3.22. The van der Waals surface area contributed by atoms with Crippen LogP contribution in [0.2, 0.25) is 5.02 Å². The molecule has 0 saturated heterocycles. The fourth-order valence-corrected chi connectivity index (χ4v) is 2.68. The van der Waals surface area contributed by atoms with Gasteiger partial charge in [-0.1, -0.05) is 30.9 Å². The molecule has 0 atom stereocenters.